The van der Waals surface area contributed by atoms with E-state index < -0.39 is 21.3 Å². The van der Waals surface area contributed by atoms with Crippen LogP contribution >= 0.6 is 43.6 Å². The molecule has 3 aromatic rings. The first-order valence-corrected chi connectivity index (χ1v) is 15.0. The SMILES string of the molecule is COc1cc(/C=C2\SC(=O)N(Cc3ccccc3Br)C2=O)cc(Br)c1OS(=O)(=O)c1ccc(NC(C)=O)cc1. The molecule has 1 fully saturated rings. The van der Waals surface area contributed by atoms with E-state index in [0.29, 0.717) is 11.3 Å². The first-order valence-electron chi connectivity index (χ1n) is 11.2. The Kier molecular flexibility index (Phi) is 8.84. The largest absolute Gasteiger partial charge is 0.493 e. The number of anilines is 1. The van der Waals surface area contributed by atoms with Crippen molar-refractivity contribution in [2.24, 2.45) is 0 Å². The smallest absolute Gasteiger partial charge is 0.339 e. The molecular weight excluding hydrogens is 676 g/mol. The number of imide groups is 1. The number of carbonyl (C=O) groups excluding carboxylic acids is 3. The van der Waals surface area contributed by atoms with Gasteiger partial charge in [-0.2, -0.15) is 8.42 Å². The maximum absolute atomic E-state index is 13.0. The summed E-state index contributed by atoms with van der Waals surface area (Å²) in [5, 5.41) is 2.16. The van der Waals surface area contributed by atoms with E-state index in [1.807, 2.05) is 24.3 Å². The molecule has 0 atom stereocenters. The third-order valence-electron chi connectivity index (χ3n) is 5.37. The van der Waals surface area contributed by atoms with Crippen molar-refractivity contribution in [2.75, 3.05) is 12.4 Å². The predicted octanol–water partition coefficient (Wildman–Crippen LogP) is 6.18. The van der Waals surface area contributed by atoms with Crippen molar-refractivity contribution in [1.29, 1.82) is 0 Å². The lowest BCUT2D eigenvalue weighted by Crippen LogP contribution is -2.27. The number of rotatable bonds is 8. The zero-order valence-corrected chi connectivity index (χ0v) is 25.2. The number of benzene rings is 3. The lowest BCUT2D eigenvalue weighted by atomic mass is 10.1. The van der Waals surface area contributed by atoms with E-state index in [9.17, 15) is 22.8 Å². The van der Waals surface area contributed by atoms with Gasteiger partial charge in [-0.15, -0.1) is 0 Å². The molecule has 0 aromatic heterocycles. The Labute approximate surface area is 245 Å². The predicted molar refractivity (Wildman–Crippen MR) is 155 cm³/mol. The summed E-state index contributed by atoms with van der Waals surface area (Å²) in [4.78, 5) is 38.0. The maximum atomic E-state index is 13.0. The average Bonchev–Trinajstić information content (AvgIpc) is 3.14. The van der Waals surface area contributed by atoms with Gasteiger partial charge in [0, 0.05) is 17.1 Å². The molecule has 4 rings (SSSR count). The van der Waals surface area contributed by atoms with Crippen molar-refractivity contribution in [3.8, 4) is 11.5 Å². The number of amides is 3. The van der Waals surface area contributed by atoms with Crippen LogP contribution in [0.1, 0.15) is 18.1 Å². The molecule has 3 amide bonds. The molecule has 1 N–H and O–H groups in total. The van der Waals surface area contributed by atoms with Crippen LogP contribution in [-0.2, 0) is 26.3 Å². The highest BCUT2D eigenvalue weighted by Gasteiger charge is 2.35. The number of carbonyl (C=O) groups is 3. The fourth-order valence-corrected chi connectivity index (χ4v) is 6.41. The highest BCUT2D eigenvalue weighted by Crippen LogP contribution is 2.41. The van der Waals surface area contributed by atoms with Gasteiger partial charge in [-0.3, -0.25) is 19.3 Å². The van der Waals surface area contributed by atoms with Gasteiger partial charge in [0.15, 0.2) is 11.5 Å². The summed E-state index contributed by atoms with van der Waals surface area (Å²) >= 11 is 7.56. The van der Waals surface area contributed by atoms with Crippen LogP contribution in [0.3, 0.4) is 0 Å². The Hall–Kier alpha value is -3.13. The minimum atomic E-state index is -4.26. The van der Waals surface area contributed by atoms with Crippen molar-refractivity contribution >= 4 is 82.6 Å². The van der Waals surface area contributed by atoms with Gasteiger partial charge >= 0.3 is 10.1 Å². The normalized spacial score (nSPS) is 14.6. The Morgan fingerprint density at radius 2 is 1.74 bits per heavy atom. The quantitative estimate of drug-likeness (QED) is 0.219. The maximum Gasteiger partial charge on any atom is 0.339 e. The average molecular weight is 696 g/mol. The number of halogens is 2. The van der Waals surface area contributed by atoms with E-state index in [-0.39, 0.29) is 38.2 Å². The van der Waals surface area contributed by atoms with Crippen LogP contribution in [0.2, 0.25) is 0 Å². The van der Waals surface area contributed by atoms with Crippen LogP contribution in [0.5, 0.6) is 11.5 Å². The van der Waals surface area contributed by atoms with Crippen LogP contribution in [0.15, 0.2) is 79.4 Å². The molecule has 0 unspecified atom stereocenters. The van der Waals surface area contributed by atoms with Gasteiger partial charge in [-0.25, -0.2) is 0 Å². The molecule has 0 saturated carbocycles. The van der Waals surface area contributed by atoms with E-state index in [2.05, 4.69) is 37.2 Å². The lowest BCUT2D eigenvalue weighted by molar-refractivity contribution is -0.123. The molecule has 0 spiro atoms. The van der Waals surface area contributed by atoms with Gasteiger partial charge < -0.3 is 14.2 Å². The third-order valence-corrected chi connectivity index (χ3v) is 8.87. The monoisotopic (exact) mass is 694 g/mol. The fraction of sp³-hybridized carbons (Fsp3) is 0.115. The zero-order valence-electron chi connectivity index (χ0n) is 20.4. The van der Waals surface area contributed by atoms with Crippen LogP contribution < -0.4 is 14.2 Å². The van der Waals surface area contributed by atoms with Gasteiger partial charge in [0.2, 0.25) is 5.91 Å². The molecule has 0 radical (unpaired) electrons. The standard InChI is InChI=1S/C26H20Br2N2O7S2/c1-15(31)29-18-7-9-19(10-8-18)39(34,35)37-24-21(28)11-16(12-22(24)36-2)13-23-25(32)30(26(33)38-23)14-17-5-3-4-6-20(17)27/h3-13H,14H2,1-2H3,(H,29,31)/b23-13-. The second-order valence-electron chi connectivity index (χ2n) is 8.14. The minimum absolute atomic E-state index is 0.0847. The molecule has 13 heteroatoms. The Balaban J connectivity index is 1.57. The van der Waals surface area contributed by atoms with Crippen molar-refractivity contribution in [3.05, 3.63) is 85.6 Å². The number of methoxy groups -OCH3 is 1. The summed E-state index contributed by atoms with van der Waals surface area (Å²) in [7, 11) is -2.91. The van der Waals surface area contributed by atoms with E-state index in [1.165, 1.54) is 50.4 Å². The van der Waals surface area contributed by atoms with E-state index in [0.717, 1.165) is 26.7 Å². The number of hydrogen-bond acceptors (Lipinski definition) is 8. The zero-order chi connectivity index (χ0) is 28.3. The molecule has 1 saturated heterocycles. The van der Waals surface area contributed by atoms with E-state index in [4.69, 9.17) is 8.92 Å². The molecular formula is C26H20Br2N2O7S2. The first kappa shape index (κ1) is 28.9. The Morgan fingerprint density at radius 3 is 2.38 bits per heavy atom. The summed E-state index contributed by atoms with van der Waals surface area (Å²) in [5.41, 5.74) is 1.71. The summed E-state index contributed by atoms with van der Waals surface area (Å²) in [6.07, 6.45) is 1.53. The number of ether oxygens (including phenoxy) is 1. The summed E-state index contributed by atoms with van der Waals surface area (Å²) < 4.78 is 37.6. The molecule has 1 aliphatic rings. The highest BCUT2D eigenvalue weighted by atomic mass is 79.9. The Morgan fingerprint density at radius 1 is 1.05 bits per heavy atom. The number of hydrogen-bond donors (Lipinski definition) is 1. The number of nitrogens with one attached hydrogen (secondary N) is 1. The summed E-state index contributed by atoms with van der Waals surface area (Å²) in [6.45, 7) is 1.46. The van der Waals surface area contributed by atoms with Crippen molar-refractivity contribution < 1.29 is 31.7 Å². The van der Waals surface area contributed by atoms with Crippen molar-refractivity contribution in [3.63, 3.8) is 0 Å². The number of thioether (sulfide) groups is 1. The lowest BCUT2D eigenvalue weighted by Gasteiger charge is -2.14. The summed E-state index contributed by atoms with van der Waals surface area (Å²) in [5.74, 6) is -0.741. The van der Waals surface area contributed by atoms with Gasteiger partial charge in [-0.05, 0) is 87.4 Å². The molecule has 3 aromatic carbocycles. The third kappa shape index (κ3) is 6.72. The van der Waals surface area contributed by atoms with Crippen LogP contribution in [0.4, 0.5) is 10.5 Å². The molecule has 1 aliphatic heterocycles. The molecule has 39 heavy (non-hydrogen) atoms. The number of nitrogens with zero attached hydrogens (tertiary/aromatic N) is 1. The van der Waals surface area contributed by atoms with Crippen molar-refractivity contribution in [2.45, 2.75) is 18.4 Å². The van der Waals surface area contributed by atoms with Crippen LogP contribution in [0, 0.1) is 0 Å². The summed E-state index contributed by atoms with van der Waals surface area (Å²) in [6, 6.07) is 15.9. The van der Waals surface area contributed by atoms with Gasteiger partial charge in [0.1, 0.15) is 4.90 Å². The van der Waals surface area contributed by atoms with Crippen LogP contribution in [-0.4, -0.2) is 37.5 Å². The van der Waals surface area contributed by atoms with Gasteiger partial charge in [0.05, 0.1) is 23.0 Å². The first-order chi connectivity index (χ1) is 18.5. The molecule has 1 heterocycles. The van der Waals surface area contributed by atoms with E-state index in [1.54, 1.807) is 6.07 Å². The van der Waals surface area contributed by atoms with Crippen molar-refractivity contribution in [1.82, 2.24) is 4.90 Å². The molecule has 202 valence electrons. The highest BCUT2D eigenvalue weighted by molar-refractivity contribution is 9.10. The minimum Gasteiger partial charge on any atom is -0.493 e. The molecule has 9 nitrogen and oxygen atoms in total. The van der Waals surface area contributed by atoms with Gasteiger partial charge in [-0.1, -0.05) is 34.1 Å². The van der Waals surface area contributed by atoms with Crippen LogP contribution in [0.25, 0.3) is 6.08 Å². The van der Waals surface area contributed by atoms with E-state index >= 15 is 0 Å². The molecule has 0 aliphatic carbocycles. The topological polar surface area (TPSA) is 119 Å². The Bertz CT molecular complexity index is 1610. The second-order valence-corrected chi connectivity index (χ2v) is 12.4. The van der Waals surface area contributed by atoms with Gasteiger partial charge in [0.25, 0.3) is 11.1 Å². The fourth-order valence-electron chi connectivity index (χ4n) is 3.55. The molecule has 0 bridgehead atoms. The second kappa shape index (κ2) is 11.9.